The molecule has 94 valence electrons. The number of amides is 1. The van der Waals surface area contributed by atoms with Crippen LogP contribution in [0.3, 0.4) is 0 Å². The smallest absolute Gasteiger partial charge is 0.234 e. The van der Waals surface area contributed by atoms with Gasteiger partial charge in [0, 0.05) is 4.47 Å². The van der Waals surface area contributed by atoms with Crippen LogP contribution in [0, 0.1) is 5.92 Å². The number of nitrogens with one attached hydrogen (secondary N) is 1. The van der Waals surface area contributed by atoms with E-state index in [9.17, 15) is 4.79 Å². The van der Waals surface area contributed by atoms with Crippen LogP contribution < -0.4 is 5.32 Å². The van der Waals surface area contributed by atoms with Gasteiger partial charge in [0.05, 0.1) is 16.5 Å². The van der Waals surface area contributed by atoms with E-state index in [0.717, 1.165) is 10.2 Å². The maximum atomic E-state index is 11.6. The van der Waals surface area contributed by atoms with Crippen molar-refractivity contribution in [1.82, 2.24) is 0 Å². The zero-order valence-corrected chi connectivity index (χ0v) is 13.0. The van der Waals surface area contributed by atoms with E-state index in [2.05, 4.69) is 35.1 Å². The lowest BCUT2D eigenvalue weighted by Gasteiger charge is -2.08. The maximum Gasteiger partial charge on any atom is 0.234 e. The van der Waals surface area contributed by atoms with Crippen LogP contribution in [0.5, 0.6) is 0 Å². The average molecular weight is 337 g/mol. The minimum Gasteiger partial charge on any atom is -0.324 e. The van der Waals surface area contributed by atoms with Crippen LogP contribution in [-0.4, -0.2) is 17.4 Å². The highest BCUT2D eigenvalue weighted by Gasteiger charge is 2.06. The van der Waals surface area contributed by atoms with Crippen molar-refractivity contribution in [3.63, 3.8) is 0 Å². The van der Waals surface area contributed by atoms with Gasteiger partial charge in [-0.25, -0.2) is 0 Å². The average Bonchev–Trinajstić information content (AvgIpc) is 2.21. The Bertz CT molecular complexity index is 398. The highest BCUT2D eigenvalue weighted by atomic mass is 79.9. The molecule has 0 aromatic heterocycles. The fourth-order valence-corrected chi connectivity index (χ4v) is 2.73. The van der Waals surface area contributed by atoms with Crippen molar-refractivity contribution in [2.24, 2.45) is 5.92 Å². The maximum absolute atomic E-state index is 11.6. The first kappa shape index (κ1) is 14.9. The zero-order valence-electron chi connectivity index (χ0n) is 9.80. The molecule has 0 spiro atoms. The van der Waals surface area contributed by atoms with Crippen molar-refractivity contribution < 1.29 is 4.79 Å². The minimum absolute atomic E-state index is 0.0140. The predicted octanol–water partition coefficient (Wildman–Crippen LogP) is 4.43. The van der Waals surface area contributed by atoms with E-state index < -0.39 is 0 Å². The van der Waals surface area contributed by atoms with Crippen molar-refractivity contribution in [3.05, 3.63) is 27.7 Å². The van der Waals surface area contributed by atoms with Crippen LogP contribution in [0.1, 0.15) is 13.8 Å². The first-order valence-electron chi connectivity index (χ1n) is 5.31. The Kier molecular flexibility index (Phi) is 6.38. The van der Waals surface area contributed by atoms with E-state index in [1.165, 1.54) is 0 Å². The third-order valence-corrected chi connectivity index (χ3v) is 4.06. The molecule has 0 heterocycles. The Morgan fingerprint density at radius 3 is 2.82 bits per heavy atom. The number of thioether (sulfide) groups is 1. The number of anilines is 1. The number of carbonyl (C=O) groups excluding carboxylic acids is 1. The molecule has 1 rings (SSSR count). The Hall–Kier alpha value is -0.190. The van der Waals surface area contributed by atoms with Gasteiger partial charge in [-0.15, -0.1) is 0 Å². The van der Waals surface area contributed by atoms with Gasteiger partial charge in [0.2, 0.25) is 5.91 Å². The Labute approximate surface area is 120 Å². The molecule has 0 radical (unpaired) electrons. The molecule has 1 N–H and O–H groups in total. The van der Waals surface area contributed by atoms with Crippen molar-refractivity contribution in [2.45, 2.75) is 13.8 Å². The van der Waals surface area contributed by atoms with Gasteiger partial charge in [0.25, 0.3) is 0 Å². The Balaban J connectivity index is 2.45. The third-order valence-electron chi connectivity index (χ3n) is 1.89. The monoisotopic (exact) mass is 335 g/mol. The first-order chi connectivity index (χ1) is 7.99. The van der Waals surface area contributed by atoms with Crippen molar-refractivity contribution >= 4 is 50.9 Å². The highest BCUT2D eigenvalue weighted by Crippen LogP contribution is 2.25. The molecule has 0 aliphatic rings. The molecular weight excluding hydrogens is 322 g/mol. The zero-order chi connectivity index (χ0) is 12.8. The molecule has 0 aliphatic heterocycles. The van der Waals surface area contributed by atoms with Crippen LogP contribution in [0.15, 0.2) is 22.7 Å². The van der Waals surface area contributed by atoms with Crippen molar-refractivity contribution in [3.8, 4) is 0 Å². The lowest BCUT2D eigenvalue weighted by atomic mass is 10.3. The molecule has 17 heavy (non-hydrogen) atoms. The summed E-state index contributed by atoms with van der Waals surface area (Å²) in [7, 11) is 0. The summed E-state index contributed by atoms with van der Waals surface area (Å²) in [6.45, 7) is 4.27. The van der Waals surface area contributed by atoms with E-state index >= 15 is 0 Å². The number of halogens is 2. The molecule has 1 aromatic rings. The molecule has 0 bridgehead atoms. The van der Waals surface area contributed by atoms with Crippen LogP contribution in [-0.2, 0) is 4.79 Å². The van der Waals surface area contributed by atoms with E-state index in [-0.39, 0.29) is 5.91 Å². The minimum atomic E-state index is -0.0140. The van der Waals surface area contributed by atoms with Crippen LogP contribution in [0.4, 0.5) is 5.69 Å². The fraction of sp³-hybridized carbons (Fsp3) is 0.417. The Morgan fingerprint density at radius 2 is 2.24 bits per heavy atom. The van der Waals surface area contributed by atoms with Gasteiger partial charge in [-0.05, 0) is 29.9 Å². The quantitative estimate of drug-likeness (QED) is 0.862. The molecular formula is C12H15BrClNOS. The summed E-state index contributed by atoms with van der Waals surface area (Å²) in [5.41, 5.74) is 0.657. The SMILES string of the molecule is CC(C)CSCC(=O)Nc1ccc(Br)cc1Cl. The number of hydrogen-bond donors (Lipinski definition) is 1. The van der Waals surface area contributed by atoms with Gasteiger partial charge >= 0.3 is 0 Å². The summed E-state index contributed by atoms with van der Waals surface area (Å²) in [6.07, 6.45) is 0. The second-order valence-corrected chi connectivity index (χ2v) is 6.43. The molecule has 0 aliphatic carbocycles. The second kappa shape index (κ2) is 7.29. The van der Waals surface area contributed by atoms with Crippen LogP contribution in [0.2, 0.25) is 5.02 Å². The van der Waals surface area contributed by atoms with Gasteiger partial charge in [0.15, 0.2) is 0 Å². The van der Waals surface area contributed by atoms with Gasteiger partial charge < -0.3 is 5.32 Å². The fourth-order valence-electron chi connectivity index (χ4n) is 1.16. The van der Waals surface area contributed by atoms with Gasteiger partial charge in [-0.1, -0.05) is 41.4 Å². The van der Waals surface area contributed by atoms with E-state index in [1.807, 2.05) is 6.07 Å². The number of hydrogen-bond acceptors (Lipinski definition) is 2. The lowest BCUT2D eigenvalue weighted by Crippen LogP contribution is -2.15. The second-order valence-electron chi connectivity index (χ2n) is 4.08. The van der Waals surface area contributed by atoms with Crippen molar-refractivity contribution in [1.29, 1.82) is 0 Å². The third kappa shape index (κ3) is 5.80. The molecule has 2 nitrogen and oxygen atoms in total. The van der Waals surface area contributed by atoms with Crippen LogP contribution >= 0.6 is 39.3 Å². The molecule has 5 heteroatoms. The van der Waals surface area contributed by atoms with Crippen molar-refractivity contribution in [2.75, 3.05) is 16.8 Å². The van der Waals surface area contributed by atoms with Crippen LogP contribution in [0.25, 0.3) is 0 Å². The topological polar surface area (TPSA) is 29.1 Å². The molecule has 1 amide bonds. The highest BCUT2D eigenvalue weighted by molar-refractivity contribution is 9.10. The summed E-state index contributed by atoms with van der Waals surface area (Å²) in [6, 6.07) is 5.40. The molecule has 0 fully saturated rings. The molecule has 0 atom stereocenters. The predicted molar refractivity (Wildman–Crippen MR) is 79.9 cm³/mol. The summed E-state index contributed by atoms with van der Waals surface area (Å²) in [5, 5.41) is 3.34. The summed E-state index contributed by atoms with van der Waals surface area (Å²) in [5.74, 6) is 2.04. The standard InChI is InChI=1S/C12H15BrClNOS/c1-8(2)6-17-7-12(16)15-11-4-3-9(13)5-10(11)14/h3-5,8H,6-7H2,1-2H3,(H,15,16). The first-order valence-corrected chi connectivity index (χ1v) is 7.64. The van der Waals surface area contributed by atoms with Gasteiger partial charge in [-0.2, -0.15) is 11.8 Å². The summed E-state index contributed by atoms with van der Waals surface area (Å²) >= 11 is 11.0. The number of benzene rings is 1. The molecule has 1 aromatic carbocycles. The van der Waals surface area contributed by atoms with Gasteiger partial charge in [0.1, 0.15) is 0 Å². The van der Waals surface area contributed by atoms with Gasteiger partial charge in [-0.3, -0.25) is 4.79 Å². The number of carbonyl (C=O) groups is 1. The van der Waals surface area contributed by atoms with E-state index in [1.54, 1.807) is 23.9 Å². The Morgan fingerprint density at radius 1 is 1.53 bits per heavy atom. The molecule has 0 saturated heterocycles. The lowest BCUT2D eigenvalue weighted by molar-refractivity contribution is -0.113. The largest absolute Gasteiger partial charge is 0.324 e. The normalized spacial score (nSPS) is 10.6. The van der Waals surface area contributed by atoms with E-state index in [0.29, 0.717) is 22.4 Å². The summed E-state index contributed by atoms with van der Waals surface area (Å²) < 4.78 is 0.898. The van der Waals surface area contributed by atoms with E-state index in [4.69, 9.17) is 11.6 Å². The summed E-state index contributed by atoms with van der Waals surface area (Å²) in [4.78, 5) is 11.6. The number of rotatable bonds is 5. The molecule has 0 unspecified atom stereocenters. The molecule has 0 saturated carbocycles.